The number of nitrogens with zero attached hydrogens (tertiary/aromatic N) is 3. The fraction of sp³-hybridized carbons (Fsp3) is 0.579. The van der Waals surface area contributed by atoms with Crippen molar-refractivity contribution in [3.8, 4) is 5.75 Å². The van der Waals surface area contributed by atoms with E-state index in [2.05, 4.69) is 4.90 Å². The second-order valence-electron chi connectivity index (χ2n) is 7.15. The average Bonchev–Trinajstić information content (AvgIpc) is 3.02. The summed E-state index contributed by atoms with van der Waals surface area (Å²) in [5.41, 5.74) is 1.02. The molecule has 1 aliphatic heterocycles. The molecule has 1 atom stereocenters. The van der Waals surface area contributed by atoms with Crippen LogP contribution in [0.15, 0.2) is 18.2 Å². The Kier molecular flexibility index (Phi) is 4.54. The molecule has 4 rings (SSSR count). The highest BCUT2D eigenvalue weighted by Gasteiger charge is 2.33. The van der Waals surface area contributed by atoms with E-state index in [1.165, 1.54) is 6.42 Å². The van der Waals surface area contributed by atoms with Crippen LogP contribution in [0.1, 0.15) is 32.1 Å². The van der Waals surface area contributed by atoms with E-state index in [1.54, 1.807) is 18.4 Å². The SMILES string of the molecule is COc1ccc2nc(N3CCCC(N(C)C(=O)C4CCC4)C3)sc2c1. The van der Waals surface area contributed by atoms with Gasteiger partial charge in [0.25, 0.3) is 0 Å². The van der Waals surface area contributed by atoms with E-state index in [0.29, 0.717) is 11.9 Å². The van der Waals surface area contributed by atoms with Gasteiger partial charge in [-0.05, 0) is 43.9 Å². The van der Waals surface area contributed by atoms with Crippen LogP contribution in [0.2, 0.25) is 0 Å². The van der Waals surface area contributed by atoms with Crippen molar-refractivity contribution in [3.63, 3.8) is 0 Å². The molecule has 1 saturated heterocycles. The van der Waals surface area contributed by atoms with E-state index in [0.717, 1.165) is 59.9 Å². The van der Waals surface area contributed by atoms with Gasteiger partial charge in [0.1, 0.15) is 5.75 Å². The molecular formula is C19H25N3O2S. The van der Waals surface area contributed by atoms with Crippen molar-refractivity contribution < 1.29 is 9.53 Å². The second kappa shape index (κ2) is 6.83. The number of likely N-dealkylation sites (N-methyl/N-ethyl adjacent to an activating group) is 1. The van der Waals surface area contributed by atoms with Gasteiger partial charge in [0.15, 0.2) is 5.13 Å². The van der Waals surface area contributed by atoms with E-state index in [4.69, 9.17) is 9.72 Å². The molecule has 1 aliphatic carbocycles. The lowest BCUT2D eigenvalue weighted by Gasteiger charge is -2.40. The zero-order valence-electron chi connectivity index (χ0n) is 14.9. The highest BCUT2D eigenvalue weighted by molar-refractivity contribution is 7.22. The van der Waals surface area contributed by atoms with Crippen LogP contribution in [0.4, 0.5) is 5.13 Å². The number of carbonyl (C=O) groups is 1. The fourth-order valence-corrected chi connectivity index (χ4v) is 4.75. The van der Waals surface area contributed by atoms with Gasteiger partial charge in [-0.2, -0.15) is 0 Å². The van der Waals surface area contributed by atoms with Crippen LogP contribution in [-0.2, 0) is 4.79 Å². The number of hydrogen-bond acceptors (Lipinski definition) is 5. The molecule has 5 nitrogen and oxygen atoms in total. The van der Waals surface area contributed by atoms with Gasteiger partial charge in [-0.15, -0.1) is 0 Å². The number of anilines is 1. The number of carbonyl (C=O) groups excluding carboxylic acids is 1. The minimum Gasteiger partial charge on any atom is -0.497 e. The Balaban J connectivity index is 1.49. The summed E-state index contributed by atoms with van der Waals surface area (Å²) in [5, 5.41) is 1.05. The fourth-order valence-electron chi connectivity index (χ4n) is 3.72. The first-order chi connectivity index (χ1) is 12.2. The number of aromatic nitrogens is 1. The first-order valence-corrected chi connectivity index (χ1v) is 9.93. The number of thiazole rings is 1. The van der Waals surface area contributed by atoms with Crippen molar-refractivity contribution in [2.24, 2.45) is 5.92 Å². The molecule has 2 aliphatic rings. The second-order valence-corrected chi connectivity index (χ2v) is 8.16. The molecule has 0 bridgehead atoms. The zero-order chi connectivity index (χ0) is 17.4. The largest absolute Gasteiger partial charge is 0.497 e. The topological polar surface area (TPSA) is 45.7 Å². The van der Waals surface area contributed by atoms with E-state index in [9.17, 15) is 4.79 Å². The van der Waals surface area contributed by atoms with Crippen molar-refractivity contribution in [2.45, 2.75) is 38.1 Å². The molecule has 1 aromatic carbocycles. The van der Waals surface area contributed by atoms with E-state index >= 15 is 0 Å². The van der Waals surface area contributed by atoms with Crippen LogP contribution in [0, 0.1) is 5.92 Å². The maximum absolute atomic E-state index is 12.6. The standard InChI is InChI=1S/C19H25N3O2S/c1-21(18(23)13-5-3-6-13)14-7-4-10-22(12-14)19-20-16-9-8-15(24-2)11-17(16)25-19/h8-9,11,13-14H,3-7,10,12H2,1-2H3. The van der Waals surface area contributed by atoms with Gasteiger partial charge in [0.2, 0.25) is 5.91 Å². The number of piperidine rings is 1. The summed E-state index contributed by atoms with van der Waals surface area (Å²) >= 11 is 1.71. The Morgan fingerprint density at radius 2 is 2.16 bits per heavy atom. The van der Waals surface area contributed by atoms with Crippen LogP contribution in [0.5, 0.6) is 5.75 Å². The first kappa shape index (κ1) is 16.6. The predicted octanol–water partition coefficient (Wildman–Crippen LogP) is 3.53. The minimum absolute atomic E-state index is 0.273. The van der Waals surface area contributed by atoms with Gasteiger partial charge in [0.05, 0.1) is 17.3 Å². The van der Waals surface area contributed by atoms with Crippen LogP contribution in [0.3, 0.4) is 0 Å². The van der Waals surface area contributed by atoms with E-state index in [-0.39, 0.29) is 5.92 Å². The predicted molar refractivity (Wildman–Crippen MR) is 102 cm³/mol. The summed E-state index contributed by atoms with van der Waals surface area (Å²) in [5.74, 6) is 1.48. The molecule has 2 heterocycles. The molecule has 0 spiro atoms. The Morgan fingerprint density at radius 3 is 2.88 bits per heavy atom. The van der Waals surface area contributed by atoms with Crippen molar-refractivity contribution in [1.82, 2.24) is 9.88 Å². The van der Waals surface area contributed by atoms with Gasteiger partial charge < -0.3 is 14.5 Å². The van der Waals surface area contributed by atoms with Gasteiger partial charge in [0, 0.05) is 32.1 Å². The number of rotatable bonds is 4. The van der Waals surface area contributed by atoms with Crippen LogP contribution >= 0.6 is 11.3 Å². The molecule has 0 N–H and O–H groups in total. The molecule has 134 valence electrons. The lowest BCUT2D eigenvalue weighted by atomic mass is 9.84. The summed E-state index contributed by atoms with van der Waals surface area (Å²) in [6.07, 6.45) is 5.53. The van der Waals surface area contributed by atoms with Crippen LogP contribution in [-0.4, -0.2) is 49.1 Å². The smallest absolute Gasteiger partial charge is 0.225 e. The molecule has 1 saturated carbocycles. The Labute approximate surface area is 152 Å². The molecule has 0 radical (unpaired) electrons. The lowest BCUT2D eigenvalue weighted by molar-refractivity contribution is -0.139. The molecule has 1 aromatic heterocycles. The summed E-state index contributed by atoms with van der Waals surface area (Å²) in [4.78, 5) is 21.7. The van der Waals surface area contributed by atoms with Gasteiger partial charge in [-0.3, -0.25) is 4.79 Å². The summed E-state index contributed by atoms with van der Waals surface area (Å²) < 4.78 is 6.46. The molecule has 6 heteroatoms. The number of methoxy groups -OCH3 is 1. The first-order valence-electron chi connectivity index (χ1n) is 9.12. The highest BCUT2D eigenvalue weighted by Crippen LogP contribution is 2.34. The third kappa shape index (κ3) is 3.19. The van der Waals surface area contributed by atoms with E-state index in [1.807, 2.05) is 30.1 Å². The number of amides is 1. The molecule has 2 fully saturated rings. The average molecular weight is 359 g/mol. The van der Waals surface area contributed by atoms with Gasteiger partial charge >= 0.3 is 0 Å². The maximum atomic E-state index is 12.6. The van der Waals surface area contributed by atoms with E-state index < -0.39 is 0 Å². The normalized spacial score (nSPS) is 21.2. The summed E-state index contributed by atoms with van der Waals surface area (Å²) in [7, 11) is 3.67. The number of fused-ring (bicyclic) bond motifs is 1. The monoisotopic (exact) mass is 359 g/mol. The number of ether oxygens (including phenoxy) is 1. The third-order valence-corrected chi connectivity index (χ3v) is 6.68. The van der Waals surface area contributed by atoms with Crippen molar-refractivity contribution in [1.29, 1.82) is 0 Å². The minimum atomic E-state index is 0.273. The Morgan fingerprint density at radius 1 is 1.32 bits per heavy atom. The molecule has 2 aromatic rings. The third-order valence-electron chi connectivity index (χ3n) is 5.60. The highest BCUT2D eigenvalue weighted by atomic mass is 32.1. The zero-order valence-corrected chi connectivity index (χ0v) is 15.7. The van der Waals surface area contributed by atoms with Crippen molar-refractivity contribution in [3.05, 3.63) is 18.2 Å². The van der Waals surface area contributed by atoms with Gasteiger partial charge in [-0.25, -0.2) is 4.98 Å². The van der Waals surface area contributed by atoms with Gasteiger partial charge in [-0.1, -0.05) is 17.8 Å². The lowest BCUT2D eigenvalue weighted by Crippen LogP contribution is -2.50. The van der Waals surface area contributed by atoms with Crippen molar-refractivity contribution >= 4 is 32.6 Å². The quantitative estimate of drug-likeness (QED) is 0.838. The van der Waals surface area contributed by atoms with Crippen LogP contribution < -0.4 is 9.64 Å². The maximum Gasteiger partial charge on any atom is 0.225 e. The van der Waals surface area contributed by atoms with Crippen molar-refractivity contribution in [2.75, 3.05) is 32.1 Å². The molecule has 1 unspecified atom stereocenters. The number of hydrogen-bond donors (Lipinski definition) is 0. The Bertz CT molecular complexity index is 771. The molecule has 1 amide bonds. The molecular weight excluding hydrogens is 334 g/mol. The Hall–Kier alpha value is -1.82. The van der Waals surface area contributed by atoms with Crippen LogP contribution in [0.25, 0.3) is 10.2 Å². The summed E-state index contributed by atoms with van der Waals surface area (Å²) in [6, 6.07) is 6.31. The molecule has 25 heavy (non-hydrogen) atoms. The summed E-state index contributed by atoms with van der Waals surface area (Å²) in [6.45, 7) is 1.89. The number of benzene rings is 1.